The minimum Gasteiger partial charge on any atom is -0.145 e. The average molecular weight is 135 g/mol. The minimum absolute atomic E-state index is 0.479. The first-order valence-corrected chi connectivity index (χ1v) is 2.82. The SMILES string of the molecule is C=C.O=Nc1ccccc1. The molecule has 52 valence electrons. The topological polar surface area (TPSA) is 29.4 Å². The zero-order valence-corrected chi connectivity index (χ0v) is 5.66. The van der Waals surface area contributed by atoms with Gasteiger partial charge in [-0.05, 0) is 17.3 Å². The molecule has 0 aliphatic heterocycles. The summed E-state index contributed by atoms with van der Waals surface area (Å²) in [6.45, 7) is 6.00. The normalized spacial score (nSPS) is 7.20. The molecule has 0 aliphatic carbocycles. The van der Waals surface area contributed by atoms with E-state index < -0.39 is 0 Å². The van der Waals surface area contributed by atoms with E-state index >= 15 is 0 Å². The molecular weight excluding hydrogens is 126 g/mol. The number of hydrogen-bond acceptors (Lipinski definition) is 2. The molecule has 0 unspecified atom stereocenters. The van der Waals surface area contributed by atoms with E-state index in [2.05, 4.69) is 18.3 Å². The van der Waals surface area contributed by atoms with E-state index in [4.69, 9.17) is 0 Å². The Morgan fingerprint density at radius 2 is 1.60 bits per heavy atom. The summed E-state index contributed by atoms with van der Waals surface area (Å²) in [5, 5.41) is 2.72. The lowest BCUT2D eigenvalue weighted by atomic mass is 10.3. The van der Waals surface area contributed by atoms with Gasteiger partial charge in [-0.3, -0.25) is 0 Å². The summed E-state index contributed by atoms with van der Waals surface area (Å²) < 4.78 is 0. The van der Waals surface area contributed by atoms with Crippen molar-refractivity contribution in [1.29, 1.82) is 0 Å². The largest absolute Gasteiger partial charge is 0.145 e. The number of hydrogen-bond donors (Lipinski definition) is 0. The van der Waals surface area contributed by atoms with E-state index in [1.54, 1.807) is 24.3 Å². The smallest absolute Gasteiger partial charge is 0.107 e. The van der Waals surface area contributed by atoms with Crippen molar-refractivity contribution in [2.45, 2.75) is 0 Å². The summed E-state index contributed by atoms with van der Waals surface area (Å²) in [6.07, 6.45) is 0. The number of nitroso groups, excluding NO2 is 1. The van der Waals surface area contributed by atoms with E-state index in [-0.39, 0.29) is 0 Å². The predicted molar refractivity (Wildman–Crippen MR) is 43.2 cm³/mol. The van der Waals surface area contributed by atoms with Crippen LogP contribution in [0, 0.1) is 4.91 Å². The Hall–Kier alpha value is -1.44. The van der Waals surface area contributed by atoms with Crippen molar-refractivity contribution >= 4 is 5.69 Å². The average Bonchev–Trinajstić information content (AvgIpc) is 2.10. The molecule has 0 atom stereocenters. The van der Waals surface area contributed by atoms with Crippen LogP contribution in [0.2, 0.25) is 0 Å². The van der Waals surface area contributed by atoms with Crippen LogP contribution in [0.3, 0.4) is 0 Å². The van der Waals surface area contributed by atoms with Crippen molar-refractivity contribution in [3.63, 3.8) is 0 Å². The summed E-state index contributed by atoms with van der Waals surface area (Å²) in [7, 11) is 0. The van der Waals surface area contributed by atoms with Gasteiger partial charge in [0.1, 0.15) is 5.69 Å². The molecule has 0 amide bonds. The molecule has 1 aromatic rings. The maximum atomic E-state index is 9.76. The van der Waals surface area contributed by atoms with Gasteiger partial charge < -0.3 is 0 Å². The van der Waals surface area contributed by atoms with Crippen LogP contribution >= 0.6 is 0 Å². The van der Waals surface area contributed by atoms with Crippen LogP contribution in [0.5, 0.6) is 0 Å². The van der Waals surface area contributed by atoms with Gasteiger partial charge in [-0.15, -0.1) is 18.1 Å². The van der Waals surface area contributed by atoms with Crippen molar-refractivity contribution in [2.75, 3.05) is 0 Å². The summed E-state index contributed by atoms with van der Waals surface area (Å²) in [5.41, 5.74) is 0.479. The highest BCUT2D eigenvalue weighted by atomic mass is 16.3. The Morgan fingerprint density at radius 3 is 1.90 bits per heavy atom. The first kappa shape index (κ1) is 8.56. The van der Waals surface area contributed by atoms with Crippen LogP contribution < -0.4 is 0 Å². The molecule has 1 rings (SSSR count). The molecule has 1 aromatic carbocycles. The number of nitrogens with zero attached hydrogens (tertiary/aromatic N) is 1. The monoisotopic (exact) mass is 135 g/mol. The first-order valence-electron chi connectivity index (χ1n) is 2.82. The zero-order chi connectivity index (χ0) is 7.82. The zero-order valence-electron chi connectivity index (χ0n) is 5.66. The lowest BCUT2D eigenvalue weighted by molar-refractivity contribution is 1.50. The molecule has 0 radical (unpaired) electrons. The standard InChI is InChI=1S/C6H5NO.C2H4/c8-7-6-4-2-1-3-5-6;1-2/h1-5H;1-2H2. The van der Waals surface area contributed by atoms with Crippen LogP contribution in [0.4, 0.5) is 5.69 Å². The van der Waals surface area contributed by atoms with Gasteiger partial charge in [-0.1, -0.05) is 18.2 Å². The molecule has 0 saturated carbocycles. The molecule has 0 N–H and O–H groups in total. The summed E-state index contributed by atoms with van der Waals surface area (Å²) in [6, 6.07) is 8.71. The summed E-state index contributed by atoms with van der Waals surface area (Å²) >= 11 is 0. The van der Waals surface area contributed by atoms with Crippen molar-refractivity contribution in [2.24, 2.45) is 5.18 Å². The van der Waals surface area contributed by atoms with Gasteiger partial charge in [0, 0.05) is 0 Å². The Labute approximate surface area is 60.2 Å². The van der Waals surface area contributed by atoms with Gasteiger partial charge in [0.15, 0.2) is 0 Å². The first-order chi connectivity index (χ1) is 4.93. The minimum atomic E-state index is 0.479. The van der Waals surface area contributed by atoms with Crippen LogP contribution in [0.25, 0.3) is 0 Å². The Balaban J connectivity index is 0.000000371. The van der Waals surface area contributed by atoms with E-state index in [1.165, 1.54) is 0 Å². The molecule has 0 aromatic heterocycles. The van der Waals surface area contributed by atoms with Crippen LogP contribution in [0.1, 0.15) is 0 Å². The highest BCUT2D eigenvalue weighted by Gasteiger charge is 1.81. The van der Waals surface area contributed by atoms with Crippen LogP contribution in [-0.2, 0) is 0 Å². The second-order valence-electron chi connectivity index (χ2n) is 1.43. The molecule has 2 nitrogen and oxygen atoms in total. The molecule has 0 aliphatic rings. The van der Waals surface area contributed by atoms with Gasteiger partial charge in [0.25, 0.3) is 0 Å². The van der Waals surface area contributed by atoms with Gasteiger partial charge in [0.2, 0.25) is 0 Å². The molecule has 0 fully saturated rings. The fraction of sp³-hybridized carbons (Fsp3) is 0. The lowest BCUT2D eigenvalue weighted by Crippen LogP contribution is -1.56. The van der Waals surface area contributed by atoms with Crippen molar-refractivity contribution in [3.05, 3.63) is 48.4 Å². The van der Waals surface area contributed by atoms with Gasteiger partial charge in [-0.2, -0.15) is 0 Å². The Kier molecular flexibility index (Phi) is 4.87. The Morgan fingerprint density at radius 1 is 1.10 bits per heavy atom. The molecule has 0 saturated heterocycles. The molecule has 10 heavy (non-hydrogen) atoms. The quantitative estimate of drug-likeness (QED) is 0.430. The maximum Gasteiger partial charge on any atom is 0.107 e. The van der Waals surface area contributed by atoms with Gasteiger partial charge >= 0.3 is 0 Å². The van der Waals surface area contributed by atoms with E-state index in [0.29, 0.717) is 5.69 Å². The van der Waals surface area contributed by atoms with E-state index in [9.17, 15) is 4.91 Å². The van der Waals surface area contributed by atoms with Gasteiger partial charge in [-0.25, -0.2) is 0 Å². The van der Waals surface area contributed by atoms with Crippen molar-refractivity contribution in [3.8, 4) is 0 Å². The maximum absolute atomic E-state index is 9.76. The summed E-state index contributed by atoms with van der Waals surface area (Å²) in [5.74, 6) is 0. The molecule has 0 heterocycles. The lowest BCUT2D eigenvalue weighted by Gasteiger charge is -1.80. The predicted octanol–water partition coefficient (Wildman–Crippen LogP) is 2.89. The second-order valence-corrected chi connectivity index (χ2v) is 1.43. The Bertz CT molecular complexity index is 184. The third-order valence-corrected chi connectivity index (χ3v) is 0.862. The molecular formula is C8H9NO. The highest BCUT2D eigenvalue weighted by Crippen LogP contribution is 2.07. The fourth-order valence-corrected chi connectivity index (χ4v) is 0.489. The van der Waals surface area contributed by atoms with Crippen molar-refractivity contribution < 1.29 is 0 Å². The highest BCUT2D eigenvalue weighted by molar-refractivity contribution is 5.34. The molecule has 0 bridgehead atoms. The fourth-order valence-electron chi connectivity index (χ4n) is 0.489. The van der Waals surface area contributed by atoms with E-state index in [0.717, 1.165) is 0 Å². The molecule has 2 heteroatoms. The third kappa shape index (κ3) is 2.77. The third-order valence-electron chi connectivity index (χ3n) is 0.862. The number of benzene rings is 1. The second kappa shape index (κ2) is 5.69. The van der Waals surface area contributed by atoms with Crippen LogP contribution in [-0.4, -0.2) is 0 Å². The summed E-state index contributed by atoms with van der Waals surface area (Å²) in [4.78, 5) is 9.76. The van der Waals surface area contributed by atoms with Crippen molar-refractivity contribution in [1.82, 2.24) is 0 Å². The van der Waals surface area contributed by atoms with Gasteiger partial charge in [0.05, 0.1) is 0 Å². The van der Waals surface area contributed by atoms with Crippen LogP contribution in [0.15, 0.2) is 48.7 Å². The number of rotatable bonds is 1. The molecule has 0 spiro atoms. The van der Waals surface area contributed by atoms with E-state index in [1.807, 2.05) is 6.07 Å².